The molecule has 1 aromatic carbocycles. The van der Waals surface area contributed by atoms with E-state index >= 15 is 0 Å². The van der Waals surface area contributed by atoms with Gasteiger partial charge in [0.15, 0.2) is 0 Å². The minimum Gasteiger partial charge on any atom is -0.321 e. The Morgan fingerprint density at radius 2 is 1.95 bits per heavy atom. The molecule has 4 heteroatoms. The zero-order valence-electron chi connectivity index (χ0n) is 11.3. The summed E-state index contributed by atoms with van der Waals surface area (Å²) in [6.45, 7) is 3.91. The van der Waals surface area contributed by atoms with Crippen LogP contribution in [0.4, 0.5) is 13.2 Å². The van der Waals surface area contributed by atoms with Crippen LogP contribution in [0.3, 0.4) is 0 Å². The molecule has 2 N–H and O–H groups in total. The Morgan fingerprint density at radius 3 is 2.58 bits per heavy atom. The highest BCUT2D eigenvalue weighted by molar-refractivity contribution is 5.38. The number of aryl methyl sites for hydroxylation is 1. The third-order valence-corrected chi connectivity index (χ3v) is 4.39. The van der Waals surface area contributed by atoms with Crippen LogP contribution in [-0.4, -0.2) is 6.18 Å². The minimum atomic E-state index is -4.14. The molecule has 19 heavy (non-hydrogen) atoms. The smallest absolute Gasteiger partial charge is 0.321 e. The van der Waals surface area contributed by atoms with Gasteiger partial charge in [-0.05, 0) is 49.8 Å². The summed E-state index contributed by atoms with van der Waals surface area (Å²) in [4.78, 5) is 0. The number of halogens is 3. The van der Waals surface area contributed by atoms with E-state index in [1.165, 1.54) is 0 Å². The molecule has 1 nitrogen and oxygen atoms in total. The monoisotopic (exact) mass is 271 g/mol. The molecule has 0 saturated heterocycles. The van der Waals surface area contributed by atoms with Crippen molar-refractivity contribution < 1.29 is 13.2 Å². The van der Waals surface area contributed by atoms with Crippen molar-refractivity contribution in [1.82, 2.24) is 0 Å². The van der Waals surface area contributed by atoms with Crippen LogP contribution in [0.15, 0.2) is 18.2 Å². The molecule has 0 radical (unpaired) electrons. The van der Waals surface area contributed by atoms with Gasteiger partial charge in [0.2, 0.25) is 0 Å². The van der Waals surface area contributed by atoms with E-state index in [1.807, 2.05) is 32.0 Å². The third kappa shape index (κ3) is 2.78. The van der Waals surface area contributed by atoms with Crippen molar-refractivity contribution in [2.24, 2.45) is 11.7 Å². The van der Waals surface area contributed by atoms with Gasteiger partial charge in [0.1, 0.15) is 0 Å². The summed E-state index contributed by atoms with van der Waals surface area (Å²) in [6, 6.07) is 5.72. The first-order valence-corrected chi connectivity index (χ1v) is 6.66. The van der Waals surface area contributed by atoms with Crippen molar-refractivity contribution in [2.45, 2.75) is 51.2 Å². The molecule has 2 rings (SSSR count). The van der Waals surface area contributed by atoms with Gasteiger partial charge in [-0.15, -0.1) is 0 Å². The summed E-state index contributed by atoms with van der Waals surface area (Å²) in [5.41, 5.74) is 8.48. The highest BCUT2D eigenvalue weighted by atomic mass is 19.4. The number of nitrogens with two attached hydrogens (primary N) is 1. The van der Waals surface area contributed by atoms with Crippen LogP contribution in [0, 0.1) is 19.8 Å². The average molecular weight is 271 g/mol. The zero-order chi connectivity index (χ0) is 14.3. The maximum Gasteiger partial charge on any atom is 0.391 e. The topological polar surface area (TPSA) is 26.0 Å². The first kappa shape index (κ1) is 14.4. The van der Waals surface area contributed by atoms with Crippen molar-refractivity contribution in [2.75, 3.05) is 0 Å². The predicted octanol–water partition coefficient (Wildman–Crippen LogP) is 4.21. The lowest BCUT2D eigenvalue weighted by Gasteiger charge is -2.40. The molecule has 0 heterocycles. The van der Waals surface area contributed by atoms with Gasteiger partial charge in [-0.1, -0.05) is 24.6 Å². The number of rotatable bonds is 1. The van der Waals surface area contributed by atoms with Gasteiger partial charge in [0, 0.05) is 5.54 Å². The molecule has 1 aromatic rings. The summed E-state index contributed by atoms with van der Waals surface area (Å²) < 4.78 is 38.8. The van der Waals surface area contributed by atoms with Gasteiger partial charge in [-0.2, -0.15) is 13.2 Å². The van der Waals surface area contributed by atoms with Crippen molar-refractivity contribution >= 4 is 0 Å². The fourth-order valence-corrected chi connectivity index (χ4v) is 3.12. The van der Waals surface area contributed by atoms with Crippen LogP contribution in [-0.2, 0) is 5.54 Å². The third-order valence-electron chi connectivity index (χ3n) is 4.39. The molecule has 1 aliphatic carbocycles. The summed E-state index contributed by atoms with van der Waals surface area (Å²) in [6.07, 6.45) is -2.77. The highest BCUT2D eigenvalue weighted by Crippen LogP contribution is 2.45. The van der Waals surface area contributed by atoms with Gasteiger partial charge < -0.3 is 5.73 Å². The first-order valence-electron chi connectivity index (χ1n) is 6.66. The van der Waals surface area contributed by atoms with Crippen LogP contribution >= 0.6 is 0 Å². The largest absolute Gasteiger partial charge is 0.391 e. The molecule has 106 valence electrons. The second-order valence-corrected chi connectivity index (χ2v) is 5.74. The van der Waals surface area contributed by atoms with Crippen molar-refractivity contribution in [3.05, 3.63) is 34.9 Å². The zero-order valence-corrected chi connectivity index (χ0v) is 11.3. The van der Waals surface area contributed by atoms with Crippen LogP contribution in [0.1, 0.15) is 42.4 Å². The van der Waals surface area contributed by atoms with Crippen molar-refractivity contribution in [1.29, 1.82) is 0 Å². The molecule has 0 aliphatic heterocycles. The second kappa shape index (κ2) is 4.82. The first-order chi connectivity index (χ1) is 8.74. The maximum absolute atomic E-state index is 12.9. The van der Waals surface area contributed by atoms with Crippen LogP contribution in [0.25, 0.3) is 0 Å². The van der Waals surface area contributed by atoms with Gasteiger partial charge >= 0.3 is 6.18 Å². The molecule has 0 aromatic heterocycles. The van der Waals surface area contributed by atoms with Gasteiger partial charge in [0.25, 0.3) is 0 Å². The van der Waals surface area contributed by atoms with Crippen LogP contribution in [0.2, 0.25) is 0 Å². The molecule has 1 aliphatic rings. The second-order valence-electron chi connectivity index (χ2n) is 5.74. The number of benzene rings is 1. The summed E-state index contributed by atoms with van der Waals surface area (Å²) >= 11 is 0. The molecule has 2 unspecified atom stereocenters. The quantitative estimate of drug-likeness (QED) is 0.813. The van der Waals surface area contributed by atoms with Crippen LogP contribution < -0.4 is 5.73 Å². The fourth-order valence-electron chi connectivity index (χ4n) is 3.12. The number of hydrogen-bond donors (Lipinski definition) is 1. The van der Waals surface area contributed by atoms with Crippen molar-refractivity contribution in [3.63, 3.8) is 0 Å². The van der Waals surface area contributed by atoms with Gasteiger partial charge in [-0.25, -0.2) is 0 Å². The van der Waals surface area contributed by atoms with Crippen LogP contribution in [0.5, 0.6) is 0 Å². The summed E-state index contributed by atoms with van der Waals surface area (Å²) in [7, 11) is 0. The summed E-state index contributed by atoms with van der Waals surface area (Å²) in [5.74, 6) is -1.27. The van der Waals surface area contributed by atoms with E-state index in [9.17, 15) is 13.2 Å². The van der Waals surface area contributed by atoms with E-state index in [0.717, 1.165) is 16.7 Å². The van der Waals surface area contributed by atoms with Crippen molar-refractivity contribution in [3.8, 4) is 0 Å². The summed E-state index contributed by atoms with van der Waals surface area (Å²) in [5, 5.41) is 0. The number of hydrogen-bond acceptors (Lipinski definition) is 1. The lowest BCUT2D eigenvalue weighted by molar-refractivity contribution is -0.187. The number of alkyl halides is 3. The van der Waals surface area contributed by atoms with E-state index in [1.54, 1.807) is 0 Å². The Kier molecular flexibility index (Phi) is 3.65. The lowest BCUT2D eigenvalue weighted by atomic mass is 9.71. The highest BCUT2D eigenvalue weighted by Gasteiger charge is 2.47. The Hall–Kier alpha value is -1.03. The Morgan fingerprint density at radius 1 is 1.26 bits per heavy atom. The van der Waals surface area contributed by atoms with Gasteiger partial charge in [-0.3, -0.25) is 0 Å². The molecule has 0 bridgehead atoms. The van der Waals surface area contributed by atoms with E-state index in [-0.39, 0.29) is 12.8 Å². The Labute approximate surface area is 112 Å². The average Bonchev–Trinajstić information content (AvgIpc) is 2.31. The molecule has 1 fully saturated rings. The minimum absolute atomic E-state index is 0.000787. The molecule has 2 atom stereocenters. The lowest BCUT2D eigenvalue weighted by Crippen LogP contribution is -2.45. The normalized spacial score (nSPS) is 28.4. The van der Waals surface area contributed by atoms with E-state index in [0.29, 0.717) is 12.8 Å². The molecular weight excluding hydrogens is 251 g/mol. The van der Waals surface area contributed by atoms with E-state index in [4.69, 9.17) is 5.73 Å². The Balaban J connectivity index is 2.34. The predicted molar refractivity (Wildman–Crippen MR) is 69.8 cm³/mol. The fraction of sp³-hybridized carbons (Fsp3) is 0.600. The SMILES string of the molecule is Cc1cccc(C2(N)CCCC(C(F)(F)F)C2)c1C. The maximum atomic E-state index is 12.9. The van der Waals surface area contributed by atoms with E-state index < -0.39 is 17.6 Å². The molecule has 0 amide bonds. The standard InChI is InChI=1S/C15H20F3N/c1-10-5-3-7-13(11(10)2)14(19)8-4-6-12(9-14)15(16,17)18/h3,5,7,12H,4,6,8-9,19H2,1-2H3. The van der Waals surface area contributed by atoms with Gasteiger partial charge in [0.05, 0.1) is 5.92 Å². The Bertz CT molecular complexity index is 467. The molecule has 1 saturated carbocycles. The molecular formula is C15H20F3N. The van der Waals surface area contributed by atoms with E-state index in [2.05, 4.69) is 0 Å². The molecule has 0 spiro atoms.